The minimum Gasteiger partial charge on any atom is -0.497 e. The maximum Gasteiger partial charge on any atom is 0.193 e. The summed E-state index contributed by atoms with van der Waals surface area (Å²) in [7, 11) is 1.65. The number of guanidine groups is 1. The van der Waals surface area contributed by atoms with Gasteiger partial charge in [-0.15, -0.1) is 0 Å². The fourth-order valence-corrected chi connectivity index (χ4v) is 3.82. The minimum atomic E-state index is 0.469. The lowest BCUT2D eigenvalue weighted by atomic mass is 10.0. The van der Waals surface area contributed by atoms with Crippen LogP contribution in [0.15, 0.2) is 53.5 Å². The minimum absolute atomic E-state index is 0.469. The van der Waals surface area contributed by atoms with E-state index in [-0.39, 0.29) is 0 Å². The van der Waals surface area contributed by atoms with Gasteiger partial charge in [0.05, 0.1) is 7.11 Å². The molecule has 2 aliphatic rings. The van der Waals surface area contributed by atoms with E-state index in [0.29, 0.717) is 17.8 Å². The fraction of sp³-hybridized carbons (Fsp3) is 0.316. The van der Waals surface area contributed by atoms with Gasteiger partial charge in [-0.05, 0) is 47.4 Å². The first-order chi connectivity index (χ1) is 11.3. The maximum absolute atomic E-state index is 6.02. The molecule has 0 heterocycles. The number of rotatable bonds is 4. The van der Waals surface area contributed by atoms with Crippen molar-refractivity contribution in [3.05, 3.63) is 59.7 Å². The van der Waals surface area contributed by atoms with Gasteiger partial charge in [0.1, 0.15) is 5.75 Å². The Hall–Kier alpha value is -2.49. The van der Waals surface area contributed by atoms with Crippen LogP contribution in [0.2, 0.25) is 0 Å². The van der Waals surface area contributed by atoms with Crippen LogP contribution in [-0.4, -0.2) is 19.6 Å². The second-order valence-electron chi connectivity index (χ2n) is 6.34. The predicted octanol–water partition coefficient (Wildman–Crippen LogP) is 3.01. The van der Waals surface area contributed by atoms with Crippen LogP contribution >= 0.6 is 0 Å². The summed E-state index contributed by atoms with van der Waals surface area (Å²) in [4.78, 5) is 4.53. The Morgan fingerprint density at radius 1 is 1.26 bits per heavy atom. The number of nitrogens with zero attached hydrogens (tertiary/aromatic N) is 1. The molecule has 118 valence electrons. The highest BCUT2D eigenvalue weighted by Crippen LogP contribution is 2.61. The zero-order valence-electron chi connectivity index (χ0n) is 13.2. The van der Waals surface area contributed by atoms with Crippen LogP contribution < -0.4 is 15.8 Å². The van der Waals surface area contributed by atoms with Crippen molar-refractivity contribution in [3.8, 4) is 5.75 Å². The van der Waals surface area contributed by atoms with Crippen molar-refractivity contribution in [2.24, 2.45) is 22.6 Å². The Labute approximate surface area is 136 Å². The molecule has 0 aliphatic heterocycles. The number of methoxy groups -OCH3 is 1. The molecule has 4 nitrogen and oxygen atoms in total. The molecule has 3 N–H and O–H groups in total. The molecule has 0 bridgehead atoms. The van der Waals surface area contributed by atoms with Gasteiger partial charge in [0.2, 0.25) is 0 Å². The molecule has 3 atom stereocenters. The van der Waals surface area contributed by atoms with E-state index in [4.69, 9.17) is 10.5 Å². The van der Waals surface area contributed by atoms with Crippen LogP contribution in [0.5, 0.6) is 5.75 Å². The molecule has 4 rings (SSSR count). The molecule has 2 aliphatic carbocycles. The lowest BCUT2D eigenvalue weighted by Gasteiger charge is -2.08. The number of hydrogen-bond acceptors (Lipinski definition) is 2. The smallest absolute Gasteiger partial charge is 0.193 e. The number of hydrogen-bond donors (Lipinski definition) is 2. The van der Waals surface area contributed by atoms with Gasteiger partial charge in [-0.2, -0.15) is 0 Å². The number of fused-ring (bicyclic) bond motifs is 3. The highest BCUT2D eigenvalue weighted by Gasteiger charge is 2.54. The van der Waals surface area contributed by atoms with Crippen LogP contribution in [-0.2, 0) is 6.42 Å². The Balaban J connectivity index is 1.37. The van der Waals surface area contributed by atoms with Crippen LogP contribution in [0.3, 0.4) is 0 Å². The summed E-state index contributed by atoms with van der Waals surface area (Å²) in [5.74, 6) is 3.38. The topological polar surface area (TPSA) is 59.6 Å². The van der Waals surface area contributed by atoms with Crippen molar-refractivity contribution in [1.82, 2.24) is 0 Å². The molecular formula is C19H21N3O. The number of aliphatic imine (C=N–C) groups is 1. The zero-order chi connectivity index (χ0) is 15.8. The van der Waals surface area contributed by atoms with Crippen LogP contribution in [0.4, 0.5) is 5.69 Å². The first kappa shape index (κ1) is 14.1. The van der Waals surface area contributed by atoms with Crippen LogP contribution in [0, 0.1) is 11.8 Å². The van der Waals surface area contributed by atoms with Gasteiger partial charge in [-0.3, -0.25) is 4.99 Å². The van der Waals surface area contributed by atoms with E-state index in [1.54, 1.807) is 7.11 Å². The Morgan fingerprint density at radius 3 is 3.00 bits per heavy atom. The third-order valence-corrected chi connectivity index (χ3v) is 5.02. The van der Waals surface area contributed by atoms with Crippen molar-refractivity contribution in [2.75, 3.05) is 19.0 Å². The molecule has 1 saturated carbocycles. The fourth-order valence-electron chi connectivity index (χ4n) is 3.82. The van der Waals surface area contributed by atoms with E-state index in [9.17, 15) is 0 Å². The summed E-state index contributed by atoms with van der Waals surface area (Å²) in [6.45, 7) is 0.798. The van der Waals surface area contributed by atoms with Crippen LogP contribution in [0.1, 0.15) is 17.0 Å². The SMILES string of the molecule is COc1cccc(NC(N)=NCC2C3Cc4ccccc4C23)c1. The molecule has 0 amide bonds. The zero-order valence-corrected chi connectivity index (χ0v) is 13.2. The van der Waals surface area contributed by atoms with E-state index >= 15 is 0 Å². The maximum atomic E-state index is 6.02. The molecule has 1 fully saturated rings. The summed E-state index contributed by atoms with van der Waals surface area (Å²) in [6, 6.07) is 16.5. The highest BCUT2D eigenvalue weighted by atomic mass is 16.5. The summed E-state index contributed by atoms with van der Waals surface area (Å²) in [6.07, 6.45) is 1.20. The average molecular weight is 307 g/mol. The van der Waals surface area contributed by atoms with Gasteiger partial charge in [0, 0.05) is 18.3 Å². The highest BCUT2D eigenvalue weighted by molar-refractivity contribution is 5.92. The lowest BCUT2D eigenvalue weighted by molar-refractivity contribution is 0.415. The summed E-state index contributed by atoms with van der Waals surface area (Å²) >= 11 is 0. The van der Waals surface area contributed by atoms with Crippen molar-refractivity contribution < 1.29 is 4.74 Å². The predicted molar refractivity (Wildman–Crippen MR) is 93.0 cm³/mol. The van der Waals surface area contributed by atoms with Crippen molar-refractivity contribution in [1.29, 1.82) is 0 Å². The summed E-state index contributed by atoms with van der Waals surface area (Å²) in [5, 5.41) is 3.13. The van der Waals surface area contributed by atoms with E-state index in [0.717, 1.165) is 23.9 Å². The second kappa shape index (κ2) is 5.61. The van der Waals surface area contributed by atoms with E-state index in [1.807, 2.05) is 24.3 Å². The number of anilines is 1. The van der Waals surface area contributed by atoms with Gasteiger partial charge >= 0.3 is 0 Å². The summed E-state index contributed by atoms with van der Waals surface area (Å²) < 4.78 is 5.21. The molecule has 0 spiro atoms. The monoisotopic (exact) mass is 307 g/mol. The average Bonchev–Trinajstić information content (AvgIpc) is 3.11. The number of nitrogens with one attached hydrogen (secondary N) is 1. The van der Waals surface area contributed by atoms with Gasteiger partial charge in [-0.1, -0.05) is 30.3 Å². The number of ether oxygens (including phenoxy) is 1. The molecule has 0 radical (unpaired) electrons. The standard InChI is InChI=1S/C19H21N3O/c1-23-14-7-4-6-13(10-14)22-19(20)21-11-17-16-9-12-5-2-3-8-15(12)18(16)17/h2-8,10,16-18H,9,11H2,1H3,(H3,20,21,22). The molecular weight excluding hydrogens is 286 g/mol. The number of nitrogens with two attached hydrogens (primary N) is 1. The van der Waals surface area contributed by atoms with Gasteiger partial charge in [0.25, 0.3) is 0 Å². The molecule has 23 heavy (non-hydrogen) atoms. The quantitative estimate of drug-likeness (QED) is 0.674. The molecule has 4 heteroatoms. The van der Waals surface area contributed by atoms with Crippen molar-refractivity contribution in [2.45, 2.75) is 12.3 Å². The second-order valence-corrected chi connectivity index (χ2v) is 6.34. The van der Waals surface area contributed by atoms with Gasteiger partial charge < -0.3 is 15.8 Å². The van der Waals surface area contributed by atoms with E-state index < -0.39 is 0 Å². The van der Waals surface area contributed by atoms with Gasteiger partial charge in [-0.25, -0.2) is 0 Å². The first-order valence-electron chi connectivity index (χ1n) is 8.05. The third-order valence-electron chi connectivity index (χ3n) is 5.02. The number of benzene rings is 2. The molecule has 0 saturated heterocycles. The molecule has 2 aromatic rings. The lowest BCUT2D eigenvalue weighted by Crippen LogP contribution is -2.23. The van der Waals surface area contributed by atoms with E-state index in [2.05, 4.69) is 34.6 Å². The van der Waals surface area contributed by atoms with E-state index in [1.165, 1.54) is 17.5 Å². The first-order valence-corrected chi connectivity index (χ1v) is 8.05. The largest absolute Gasteiger partial charge is 0.497 e. The molecule has 3 unspecified atom stereocenters. The molecule has 0 aromatic heterocycles. The molecule has 2 aromatic carbocycles. The summed E-state index contributed by atoms with van der Waals surface area (Å²) in [5.41, 5.74) is 9.96. The van der Waals surface area contributed by atoms with Crippen molar-refractivity contribution in [3.63, 3.8) is 0 Å². The third kappa shape index (κ3) is 2.65. The van der Waals surface area contributed by atoms with Crippen molar-refractivity contribution >= 4 is 11.6 Å². The Morgan fingerprint density at radius 2 is 2.13 bits per heavy atom. The normalized spacial score (nSPS) is 24.7. The van der Waals surface area contributed by atoms with Crippen LogP contribution in [0.25, 0.3) is 0 Å². The van der Waals surface area contributed by atoms with Gasteiger partial charge in [0.15, 0.2) is 5.96 Å². The Kier molecular flexibility index (Phi) is 3.45. The Bertz CT molecular complexity index is 756.